The number of rotatable bonds is 2. The van der Waals surface area contributed by atoms with Crippen molar-refractivity contribution in [2.75, 3.05) is 0 Å². The molecule has 2 aromatic rings. The minimum absolute atomic E-state index is 0.322. The lowest BCUT2D eigenvalue weighted by Gasteiger charge is -2.11. The van der Waals surface area contributed by atoms with Crippen molar-refractivity contribution < 1.29 is 4.39 Å². The number of hydrogen-bond acceptors (Lipinski definition) is 1. The van der Waals surface area contributed by atoms with E-state index in [-0.39, 0.29) is 5.82 Å². The van der Waals surface area contributed by atoms with Gasteiger partial charge in [-0.15, -0.1) is 22.9 Å². The fourth-order valence-electron chi connectivity index (χ4n) is 1.78. The maximum Gasteiger partial charge on any atom is 0.128 e. The lowest BCUT2D eigenvalue weighted by atomic mass is 10.0. The Kier molecular flexibility index (Phi) is 3.76. The Bertz CT molecular complexity index is 548. The quantitative estimate of drug-likeness (QED) is 0.642. The van der Waals surface area contributed by atoms with Crippen molar-refractivity contribution in [1.29, 1.82) is 0 Å². The van der Waals surface area contributed by atoms with Crippen LogP contribution in [0.25, 0.3) is 0 Å². The Balaban J connectivity index is 2.46. The molecule has 0 aliphatic heterocycles. The maximum absolute atomic E-state index is 13.7. The molecule has 0 radical (unpaired) electrons. The van der Waals surface area contributed by atoms with Gasteiger partial charge in [0.05, 0.1) is 5.38 Å². The predicted molar refractivity (Wildman–Crippen MR) is 72.9 cm³/mol. The van der Waals surface area contributed by atoms with Crippen molar-refractivity contribution in [1.82, 2.24) is 0 Å². The van der Waals surface area contributed by atoms with Crippen molar-refractivity contribution in [3.8, 4) is 0 Å². The van der Waals surface area contributed by atoms with Gasteiger partial charge in [0.2, 0.25) is 0 Å². The van der Waals surface area contributed by atoms with Gasteiger partial charge >= 0.3 is 0 Å². The van der Waals surface area contributed by atoms with Gasteiger partial charge < -0.3 is 0 Å². The van der Waals surface area contributed by atoms with Crippen LogP contribution in [0.1, 0.15) is 26.3 Å². The Labute approximate surface area is 114 Å². The lowest BCUT2D eigenvalue weighted by Crippen LogP contribution is -1.97. The molecule has 0 spiro atoms. The average Bonchev–Trinajstić information content (AvgIpc) is 2.60. The topological polar surface area (TPSA) is 0 Å². The van der Waals surface area contributed by atoms with Crippen molar-refractivity contribution in [3.05, 3.63) is 56.0 Å². The van der Waals surface area contributed by atoms with Gasteiger partial charge in [0.15, 0.2) is 0 Å². The molecule has 0 bridgehead atoms. The second-order valence-electron chi connectivity index (χ2n) is 3.90. The number of alkyl halides is 1. The van der Waals surface area contributed by atoms with Gasteiger partial charge in [0.1, 0.15) is 5.82 Å². The number of halogens is 3. The van der Waals surface area contributed by atoms with E-state index in [9.17, 15) is 4.39 Å². The van der Waals surface area contributed by atoms with E-state index in [0.29, 0.717) is 10.6 Å². The highest BCUT2D eigenvalue weighted by Gasteiger charge is 2.19. The van der Waals surface area contributed by atoms with Gasteiger partial charge in [-0.3, -0.25) is 0 Å². The number of aryl methyl sites for hydroxylation is 2. The Morgan fingerprint density at radius 1 is 1.18 bits per heavy atom. The monoisotopic (exact) mass is 288 g/mol. The molecule has 2 rings (SSSR count). The summed E-state index contributed by atoms with van der Waals surface area (Å²) < 4.78 is 13.7. The molecular formula is C13H11Cl2FS. The zero-order chi connectivity index (χ0) is 12.6. The zero-order valence-corrected chi connectivity index (χ0v) is 11.8. The second-order valence-corrected chi connectivity index (χ2v) is 6.23. The van der Waals surface area contributed by atoms with E-state index in [2.05, 4.69) is 0 Å². The minimum Gasteiger partial charge on any atom is -0.207 e. The van der Waals surface area contributed by atoms with Crippen molar-refractivity contribution in [2.45, 2.75) is 19.2 Å². The van der Waals surface area contributed by atoms with Crippen LogP contribution in [0, 0.1) is 19.7 Å². The van der Waals surface area contributed by atoms with Crippen LogP contribution in [0.4, 0.5) is 4.39 Å². The van der Waals surface area contributed by atoms with E-state index in [1.165, 1.54) is 17.0 Å². The summed E-state index contributed by atoms with van der Waals surface area (Å²) in [4.78, 5) is 2.28. The zero-order valence-electron chi connectivity index (χ0n) is 9.43. The van der Waals surface area contributed by atoms with Gasteiger partial charge in [-0.2, -0.15) is 0 Å². The van der Waals surface area contributed by atoms with Crippen LogP contribution >= 0.6 is 34.5 Å². The summed E-state index contributed by atoms with van der Waals surface area (Å²) in [7, 11) is 0. The Hall–Kier alpha value is -0.570. The molecule has 0 N–H and O–H groups in total. The number of hydrogen-bond donors (Lipinski definition) is 0. The summed E-state index contributed by atoms with van der Waals surface area (Å²) in [5.41, 5.74) is 1.38. The van der Waals surface area contributed by atoms with Crippen LogP contribution < -0.4 is 0 Å². The van der Waals surface area contributed by atoms with E-state index in [4.69, 9.17) is 23.2 Å². The molecule has 0 aliphatic rings. The van der Waals surface area contributed by atoms with E-state index in [1.807, 2.05) is 19.9 Å². The van der Waals surface area contributed by atoms with Crippen LogP contribution in [0.2, 0.25) is 5.02 Å². The highest BCUT2D eigenvalue weighted by Crippen LogP contribution is 2.37. The van der Waals surface area contributed by atoms with Gasteiger partial charge in [-0.1, -0.05) is 11.6 Å². The van der Waals surface area contributed by atoms with Gasteiger partial charge in [0, 0.05) is 20.3 Å². The summed E-state index contributed by atoms with van der Waals surface area (Å²) in [6.45, 7) is 4.00. The summed E-state index contributed by atoms with van der Waals surface area (Å²) in [6.07, 6.45) is 0. The third-order valence-corrected chi connectivity index (χ3v) is 4.27. The van der Waals surface area contributed by atoms with E-state index in [0.717, 1.165) is 10.4 Å². The average molecular weight is 289 g/mol. The normalized spacial score (nSPS) is 12.8. The molecule has 0 fully saturated rings. The van der Waals surface area contributed by atoms with Crippen LogP contribution in [-0.2, 0) is 0 Å². The summed E-state index contributed by atoms with van der Waals surface area (Å²) >= 11 is 13.9. The molecule has 1 aromatic carbocycles. The van der Waals surface area contributed by atoms with E-state index in [1.54, 1.807) is 17.4 Å². The first-order chi connectivity index (χ1) is 7.99. The molecule has 1 atom stereocenters. The van der Waals surface area contributed by atoms with Crippen LogP contribution in [-0.4, -0.2) is 0 Å². The Morgan fingerprint density at radius 3 is 2.47 bits per heavy atom. The molecule has 0 saturated carbocycles. The van der Waals surface area contributed by atoms with Crippen LogP contribution in [0.15, 0.2) is 24.3 Å². The third kappa shape index (κ3) is 2.65. The maximum atomic E-state index is 13.7. The fourth-order valence-corrected chi connectivity index (χ4v) is 3.38. The first-order valence-corrected chi connectivity index (χ1v) is 6.78. The fraction of sp³-hybridized carbons (Fsp3) is 0.231. The molecule has 0 saturated heterocycles. The van der Waals surface area contributed by atoms with Gasteiger partial charge in [-0.25, -0.2) is 4.39 Å². The van der Waals surface area contributed by atoms with Crippen LogP contribution in [0.3, 0.4) is 0 Å². The van der Waals surface area contributed by atoms with E-state index < -0.39 is 5.38 Å². The largest absolute Gasteiger partial charge is 0.207 e. The molecule has 4 heteroatoms. The third-order valence-electron chi connectivity index (χ3n) is 2.58. The Morgan fingerprint density at radius 2 is 1.88 bits per heavy atom. The smallest absolute Gasteiger partial charge is 0.128 e. The van der Waals surface area contributed by atoms with Gasteiger partial charge in [0.25, 0.3) is 0 Å². The first kappa shape index (κ1) is 12.9. The lowest BCUT2D eigenvalue weighted by molar-refractivity contribution is 0.612. The summed E-state index contributed by atoms with van der Waals surface area (Å²) in [5.74, 6) is -0.322. The summed E-state index contributed by atoms with van der Waals surface area (Å²) in [5, 5.41) is 0.00954. The number of benzene rings is 1. The van der Waals surface area contributed by atoms with Crippen molar-refractivity contribution in [2.24, 2.45) is 0 Å². The molecule has 0 amide bonds. The molecular weight excluding hydrogens is 278 g/mol. The van der Waals surface area contributed by atoms with Crippen molar-refractivity contribution >= 4 is 34.5 Å². The van der Waals surface area contributed by atoms with Crippen molar-refractivity contribution in [3.63, 3.8) is 0 Å². The molecule has 90 valence electrons. The minimum atomic E-state index is -0.487. The first-order valence-electron chi connectivity index (χ1n) is 5.15. The highest BCUT2D eigenvalue weighted by molar-refractivity contribution is 7.12. The molecule has 1 aromatic heterocycles. The van der Waals surface area contributed by atoms with E-state index >= 15 is 0 Å². The van der Waals surface area contributed by atoms with Gasteiger partial charge in [-0.05, 0) is 43.7 Å². The number of thiophene rings is 1. The molecule has 17 heavy (non-hydrogen) atoms. The van der Waals surface area contributed by atoms with Crippen LogP contribution in [0.5, 0.6) is 0 Å². The molecule has 1 unspecified atom stereocenters. The highest BCUT2D eigenvalue weighted by atomic mass is 35.5. The predicted octanol–water partition coefficient (Wildman–Crippen LogP) is 5.49. The summed E-state index contributed by atoms with van der Waals surface area (Å²) in [6, 6.07) is 6.45. The second kappa shape index (κ2) is 4.97. The molecule has 0 nitrogen and oxygen atoms in total. The molecule has 1 heterocycles. The molecule has 0 aliphatic carbocycles. The SMILES string of the molecule is Cc1cc(C(Cl)c2cc(Cl)ccc2F)c(C)s1. The standard InChI is InChI=1S/C13H11Cl2FS/c1-7-5-10(8(2)17-7)13(15)11-6-9(14)3-4-12(11)16/h3-6,13H,1-2H3.